The highest BCUT2D eigenvalue weighted by molar-refractivity contribution is 5.94. The Morgan fingerprint density at radius 2 is 2.07 bits per heavy atom. The van der Waals surface area contributed by atoms with Gasteiger partial charge < -0.3 is 0 Å². The molecule has 0 unspecified atom stereocenters. The van der Waals surface area contributed by atoms with Crippen LogP contribution in [0.1, 0.15) is 23.3 Å². The zero-order valence-electron chi connectivity index (χ0n) is 7.21. The molecule has 1 rings (SSSR count). The van der Waals surface area contributed by atoms with E-state index in [1.165, 1.54) is 12.3 Å². The average Bonchev–Trinajstić information content (AvgIpc) is 2.14. The molecule has 0 fully saturated rings. The van der Waals surface area contributed by atoms with Crippen LogP contribution in [0.4, 0.5) is 13.2 Å². The van der Waals surface area contributed by atoms with E-state index in [-0.39, 0.29) is 5.69 Å². The molecule has 0 aliphatic carbocycles. The monoisotopic (exact) mass is 203 g/mol. The Hall–Kier alpha value is -1.39. The molecule has 0 radical (unpaired) electrons. The van der Waals surface area contributed by atoms with Crippen LogP contribution in [0.3, 0.4) is 0 Å². The fourth-order valence-electron chi connectivity index (χ4n) is 0.911. The normalized spacial score (nSPS) is 11.4. The number of pyridine rings is 1. The Kier molecular flexibility index (Phi) is 3.22. The van der Waals surface area contributed by atoms with Gasteiger partial charge in [0, 0.05) is 12.6 Å². The Bertz CT molecular complexity index is 308. The van der Waals surface area contributed by atoms with Crippen LogP contribution in [-0.2, 0) is 0 Å². The summed E-state index contributed by atoms with van der Waals surface area (Å²) in [6.45, 7) is 0. The van der Waals surface area contributed by atoms with E-state index in [0.29, 0.717) is 0 Å². The largest absolute Gasteiger partial charge is 0.389 e. The number of rotatable bonds is 3. The molecule has 0 saturated carbocycles. The third kappa shape index (κ3) is 3.55. The molecule has 0 aromatic carbocycles. The van der Waals surface area contributed by atoms with Crippen LogP contribution in [0, 0.1) is 0 Å². The molecule has 0 aliphatic rings. The first-order chi connectivity index (χ1) is 6.49. The fraction of sp³-hybridized carbons (Fsp3) is 0.333. The van der Waals surface area contributed by atoms with Gasteiger partial charge in [0.05, 0.1) is 6.42 Å². The van der Waals surface area contributed by atoms with Gasteiger partial charge in [-0.15, -0.1) is 0 Å². The maximum atomic E-state index is 11.8. The third-order valence-electron chi connectivity index (χ3n) is 1.59. The van der Waals surface area contributed by atoms with Crippen molar-refractivity contribution in [2.24, 2.45) is 0 Å². The number of ketones is 1. The van der Waals surface area contributed by atoms with Crippen LogP contribution in [0.5, 0.6) is 0 Å². The van der Waals surface area contributed by atoms with Crippen molar-refractivity contribution in [3.63, 3.8) is 0 Å². The predicted octanol–water partition coefficient (Wildman–Crippen LogP) is 2.61. The van der Waals surface area contributed by atoms with Gasteiger partial charge in [0.2, 0.25) is 0 Å². The van der Waals surface area contributed by atoms with E-state index in [4.69, 9.17) is 0 Å². The summed E-state index contributed by atoms with van der Waals surface area (Å²) in [6, 6.07) is 4.56. The lowest BCUT2D eigenvalue weighted by molar-refractivity contribution is -0.133. The number of halogens is 3. The van der Waals surface area contributed by atoms with Crippen LogP contribution in [0.2, 0.25) is 0 Å². The van der Waals surface area contributed by atoms with Gasteiger partial charge in [-0.05, 0) is 12.1 Å². The first-order valence-corrected chi connectivity index (χ1v) is 4.00. The van der Waals surface area contributed by atoms with Gasteiger partial charge >= 0.3 is 6.18 Å². The topological polar surface area (TPSA) is 30.0 Å². The summed E-state index contributed by atoms with van der Waals surface area (Å²) in [4.78, 5) is 14.8. The lowest BCUT2D eigenvalue weighted by atomic mass is 10.1. The summed E-state index contributed by atoms with van der Waals surface area (Å²) in [5.41, 5.74) is 0.0803. The van der Waals surface area contributed by atoms with Gasteiger partial charge in [0.15, 0.2) is 5.78 Å². The van der Waals surface area contributed by atoms with E-state index in [1.54, 1.807) is 12.1 Å². The highest BCUT2D eigenvalue weighted by atomic mass is 19.4. The zero-order chi connectivity index (χ0) is 10.6. The molecule has 1 aromatic heterocycles. The van der Waals surface area contributed by atoms with Crippen molar-refractivity contribution in [3.8, 4) is 0 Å². The molecule has 2 nitrogen and oxygen atoms in total. The fourth-order valence-corrected chi connectivity index (χ4v) is 0.911. The van der Waals surface area contributed by atoms with Gasteiger partial charge in [-0.1, -0.05) is 6.07 Å². The van der Waals surface area contributed by atoms with Crippen LogP contribution < -0.4 is 0 Å². The summed E-state index contributed by atoms with van der Waals surface area (Å²) >= 11 is 0. The minimum Gasteiger partial charge on any atom is -0.292 e. The number of carbonyl (C=O) groups excluding carboxylic acids is 1. The number of alkyl halides is 3. The standard InChI is InChI=1S/C9H8F3NO/c10-9(11,12)5-4-8(14)7-3-1-2-6-13-7/h1-3,6H,4-5H2. The third-order valence-corrected chi connectivity index (χ3v) is 1.59. The second-order valence-electron chi connectivity index (χ2n) is 2.75. The summed E-state index contributed by atoms with van der Waals surface area (Å²) < 4.78 is 35.3. The van der Waals surface area contributed by atoms with E-state index in [1.807, 2.05) is 0 Å². The summed E-state index contributed by atoms with van der Waals surface area (Å²) in [5, 5.41) is 0. The van der Waals surface area contributed by atoms with Crippen molar-refractivity contribution < 1.29 is 18.0 Å². The predicted molar refractivity (Wildman–Crippen MR) is 43.9 cm³/mol. The van der Waals surface area contributed by atoms with Crippen LogP contribution in [0.25, 0.3) is 0 Å². The summed E-state index contributed by atoms with van der Waals surface area (Å²) in [7, 11) is 0. The first-order valence-electron chi connectivity index (χ1n) is 4.00. The van der Waals surface area contributed by atoms with Crippen molar-refractivity contribution in [2.75, 3.05) is 0 Å². The van der Waals surface area contributed by atoms with Gasteiger partial charge in [-0.25, -0.2) is 0 Å². The van der Waals surface area contributed by atoms with Crippen molar-refractivity contribution in [3.05, 3.63) is 30.1 Å². The minimum absolute atomic E-state index is 0.0803. The molecule has 0 bridgehead atoms. The van der Waals surface area contributed by atoms with Gasteiger partial charge in [0.1, 0.15) is 5.69 Å². The molecule has 0 spiro atoms. The number of hydrogen-bond donors (Lipinski definition) is 0. The highest BCUT2D eigenvalue weighted by Crippen LogP contribution is 2.22. The number of carbonyl (C=O) groups is 1. The molecular formula is C9H8F3NO. The molecule has 76 valence electrons. The maximum absolute atomic E-state index is 11.8. The summed E-state index contributed by atoms with van der Waals surface area (Å²) in [6.07, 6.45) is -4.55. The Morgan fingerprint density at radius 1 is 1.36 bits per heavy atom. The second-order valence-corrected chi connectivity index (χ2v) is 2.75. The number of hydrogen-bond acceptors (Lipinski definition) is 2. The lowest BCUT2D eigenvalue weighted by Gasteiger charge is -2.04. The van der Waals surface area contributed by atoms with Crippen molar-refractivity contribution >= 4 is 5.78 Å². The number of nitrogens with zero attached hydrogens (tertiary/aromatic N) is 1. The van der Waals surface area contributed by atoms with Crippen molar-refractivity contribution in [1.29, 1.82) is 0 Å². The van der Waals surface area contributed by atoms with Crippen molar-refractivity contribution in [1.82, 2.24) is 4.98 Å². The zero-order valence-corrected chi connectivity index (χ0v) is 7.21. The maximum Gasteiger partial charge on any atom is 0.389 e. The smallest absolute Gasteiger partial charge is 0.292 e. The summed E-state index contributed by atoms with van der Waals surface area (Å²) in [5.74, 6) is -0.581. The second kappa shape index (κ2) is 4.21. The molecule has 0 atom stereocenters. The van der Waals surface area contributed by atoms with E-state index < -0.39 is 24.8 Å². The van der Waals surface area contributed by atoms with Gasteiger partial charge in [-0.3, -0.25) is 9.78 Å². The molecule has 1 aromatic rings. The van der Waals surface area contributed by atoms with E-state index in [9.17, 15) is 18.0 Å². The number of aromatic nitrogens is 1. The first kappa shape index (κ1) is 10.7. The van der Waals surface area contributed by atoms with Crippen LogP contribution in [-0.4, -0.2) is 16.9 Å². The average molecular weight is 203 g/mol. The van der Waals surface area contributed by atoms with E-state index in [2.05, 4.69) is 4.98 Å². The molecule has 1 heterocycles. The van der Waals surface area contributed by atoms with Crippen LogP contribution in [0.15, 0.2) is 24.4 Å². The SMILES string of the molecule is O=C(CCC(F)(F)F)c1ccccn1. The van der Waals surface area contributed by atoms with E-state index >= 15 is 0 Å². The number of Topliss-reactive ketones (excluding diaryl/α,β-unsaturated/α-hetero) is 1. The Balaban J connectivity index is 2.52. The van der Waals surface area contributed by atoms with Gasteiger partial charge in [-0.2, -0.15) is 13.2 Å². The molecule has 0 N–H and O–H groups in total. The van der Waals surface area contributed by atoms with Crippen LogP contribution >= 0.6 is 0 Å². The minimum atomic E-state index is -4.29. The molecular weight excluding hydrogens is 195 g/mol. The molecule has 0 amide bonds. The lowest BCUT2D eigenvalue weighted by Crippen LogP contribution is -2.11. The molecule has 0 saturated heterocycles. The van der Waals surface area contributed by atoms with Crippen molar-refractivity contribution in [2.45, 2.75) is 19.0 Å². The molecule has 0 aliphatic heterocycles. The Morgan fingerprint density at radius 3 is 2.57 bits per heavy atom. The Labute approximate surface area is 78.8 Å². The van der Waals surface area contributed by atoms with E-state index in [0.717, 1.165) is 0 Å². The molecule has 5 heteroatoms. The molecule has 14 heavy (non-hydrogen) atoms. The quantitative estimate of drug-likeness (QED) is 0.707. The highest BCUT2D eigenvalue weighted by Gasteiger charge is 2.28. The van der Waals surface area contributed by atoms with Gasteiger partial charge in [0.25, 0.3) is 0 Å².